The van der Waals surface area contributed by atoms with E-state index in [1.165, 1.54) is 4.57 Å². The van der Waals surface area contributed by atoms with E-state index in [-0.39, 0.29) is 41.6 Å². The minimum atomic E-state index is -1.15. The lowest BCUT2D eigenvalue weighted by molar-refractivity contribution is 0.139. The van der Waals surface area contributed by atoms with Gasteiger partial charge in [-0.1, -0.05) is 66.2 Å². The Balaban J connectivity index is 1.34. The first-order valence-electron chi connectivity index (χ1n) is 12.6. The van der Waals surface area contributed by atoms with E-state index in [0.717, 1.165) is 22.3 Å². The highest BCUT2D eigenvalue weighted by molar-refractivity contribution is 6.35. The number of rotatable bonds is 8. The molecular weight excluding hydrogens is 520 g/mol. The van der Waals surface area contributed by atoms with Crippen LogP contribution in [0.1, 0.15) is 42.3 Å². The zero-order valence-corrected chi connectivity index (χ0v) is 21.9. The van der Waals surface area contributed by atoms with E-state index in [0.29, 0.717) is 17.8 Å². The maximum absolute atomic E-state index is 13.4. The molecule has 1 atom stereocenters. The van der Waals surface area contributed by atoms with E-state index >= 15 is 0 Å². The first-order chi connectivity index (χ1) is 18.8. The van der Waals surface area contributed by atoms with Crippen molar-refractivity contribution in [3.63, 3.8) is 0 Å². The zero-order chi connectivity index (χ0) is 27.5. The van der Waals surface area contributed by atoms with Crippen molar-refractivity contribution in [2.24, 2.45) is 0 Å². The molecule has 0 saturated carbocycles. The van der Waals surface area contributed by atoms with E-state index in [2.05, 4.69) is 27.8 Å². The number of aromatic nitrogens is 2. The van der Waals surface area contributed by atoms with Gasteiger partial charge in [0, 0.05) is 19.0 Å². The van der Waals surface area contributed by atoms with Crippen LogP contribution < -0.4 is 16.2 Å². The van der Waals surface area contributed by atoms with Crippen molar-refractivity contribution in [3.8, 4) is 11.1 Å². The molecule has 1 heterocycles. The zero-order valence-electron chi connectivity index (χ0n) is 21.2. The summed E-state index contributed by atoms with van der Waals surface area (Å²) in [5.74, 6) is 0.234. The van der Waals surface area contributed by atoms with Crippen LogP contribution in [0, 0.1) is 0 Å². The van der Waals surface area contributed by atoms with Crippen molar-refractivity contribution >= 4 is 34.7 Å². The molecule has 0 fully saturated rings. The van der Waals surface area contributed by atoms with Gasteiger partial charge in [-0.3, -0.25) is 9.36 Å². The average molecular weight is 547 g/mol. The minimum absolute atomic E-state index is 0.0840. The number of fused-ring (bicyclic) bond motifs is 4. The molecule has 3 aromatic carbocycles. The molecule has 1 aromatic heterocycles. The third kappa shape index (κ3) is 5.31. The van der Waals surface area contributed by atoms with Crippen molar-refractivity contribution in [1.82, 2.24) is 20.2 Å². The lowest BCUT2D eigenvalue weighted by atomic mass is 9.98. The van der Waals surface area contributed by atoms with Gasteiger partial charge in [-0.05, 0) is 47.7 Å². The molecule has 0 spiro atoms. The number of ether oxygens (including phenoxy) is 1. The lowest BCUT2D eigenvalue weighted by Crippen LogP contribution is -2.35. The van der Waals surface area contributed by atoms with Crippen LogP contribution in [-0.4, -0.2) is 40.0 Å². The summed E-state index contributed by atoms with van der Waals surface area (Å²) in [5, 5.41) is 14.5. The Morgan fingerprint density at radius 3 is 2.38 bits per heavy atom. The summed E-state index contributed by atoms with van der Waals surface area (Å²) < 4.78 is 7.09. The Kier molecular flexibility index (Phi) is 7.51. The van der Waals surface area contributed by atoms with Crippen molar-refractivity contribution in [2.75, 3.05) is 13.2 Å². The summed E-state index contributed by atoms with van der Waals surface area (Å²) in [4.78, 5) is 41.7. The van der Waals surface area contributed by atoms with Crippen LogP contribution in [0.3, 0.4) is 0 Å². The van der Waals surface area contributed by atoms with E-state index in [9.17, 15) is 14.4 Å². The van der Waals surface area contributed by atoms with Crippen molar-refractivity contribution in [1.29, 1.82) is 0 Å². The molecule has 5 rings (SSSR count). The van der Waals surface area contributed by atoms with Gasteiger partial charge < -0.3 is 20.5 Å². The van der Waals surface area contributed by atoms with Crippen LogP contribution in [0.5, 0.6) is 0 Å². The first kappa shape index (κ1) is 26.2. The topological polar surface area (TPSA) is 123 Å². The van der Waals surface area contributed by atoms with Gasteiger partial charge in [0.2, 0.25) is 0 Å². The van der Waals surface area contributed by atoms with Gasteiger partial charge in [-0.15, -0.1) is 0 Å². The number of carbonyl (C=O) groups is 2. The number of amides is 2. The summed E-state index contributed by atoms with van der Waals surface area (Å²) >= 11 is 6.30. The largest absolute Gasteiger partial charge is 0.465 e. The SMILES string of the molecule is C[C@H](NC(=O)OCC1c2ccccc2-c2ccccc21)c1nc2cccc(Cl)c2c(=O)n1CCCNC(=O)O. The molecule has 0 bridgehead atoms. The Bertz CT molecular complexity index is 1570. The molecule has 10 heteroatoms. The number of nitrogens with zero attached hydrogens (tertiary/aromatic N) is 2. The molecule has 0 radical (unpaired) electrons. The monoisotopic (exact) mass is 546 g/mol. The molecule has 4 aromatic rings. The molecule has 1 aliphatic carbocycles. The molecule has 39 heavy (non-hydrogen) atoms. The number of hydrogen-bond acceptors (Lipinski definition) is 5. The maximum atomic E-state index is 13.4. The minimum Gasteiger partial charge on any atom is -0.465 e. The molecule has 200 valence electrons. The second-order valence-corrected chi connectivity index (χ2v) is 9.75. The highest BCUT2D eigenvalue weighted by Crippen LogP contribution is 2.44. The molecule has 0 unspecified atom stereocenters. The fourth-order valence-corrected chi connectivity index (χ4v) is 5.35. The first-order valence-corrected chi connectivity index (χ1v) is 13.0. The number of carbonyl (C=O) groups excluding carboxylic acids is 1. The highest BCUT2D eigenvalue weighted by Gasteiger charge is 2.29. The average Bonchev–Trinajstić information content (AvgIpc) is 3.24. The Labute approximate surface area is 229 Å². The van der Waals surface area contributed by atoms with Gasteiger partial charge >= 0.3 is 12.2 Å². The molecular formula is C29H27ClN4O5. The fourth-order valence-electron chi connectivity index (χ4n) is 5.10. The van der Waals surface area contributed by atoms with Crippen LogP contribution >= 0.6 is 11.6 Å². The third-order valence-corrected chi connectivity index (χ3v) is 7.18. The summed E-state index contributed by atoms with van der Waals surface area (Å²) in [7, 11) is 0. The van der Waals surface area contributed by atoms with Gasteiger partial charge in [-0.25, -0.2) is 14.6 Å². The number of nitrogens with one attached hydrogen (secondary N) is 2. The molecule has 9 nitrogen and oxygen atoms in total. The number of halogens is 1. The third-order valence-electron chi connectivity index (χ3n) is 6.86. The van der Waals surface area contributed by atoms with Gasteiger partial charge in [0.15, 0.2) is 0 Å². The standard InChI is InChI=1S/C29H27ClN4O5/c1-17(26-33-24-13-6-12-23(30)25(24)27(35)34(26)15-7-14-31-28(36)37)32-29(38)39-16-22-20-10-4-2-8-18(20)19-9-3-5-11-21(19)22/h2-6,8-13,17,22,31H,7,14-16H2,1H3,(H,32,38)(H,36,37)/t17-/m0/s1. The van der Waals surface area contributed by atoms with Gasteiger partial charge in [0.05, 0.1) is 22.0 Å². The molecule has 2 amide bonds. The van der Waals surface area contributed by atoms with Crippen LogP contribution in [0.2, 0.25) is 5.02 Å². The van der Waals surface area contributed by atoms with E-state index in [1.807, 2.05) is 36.4 Å². The van der Waals surface area contributed by atoms with E-state index < -0.39 is 18.2 Å². The van der Waals surface area contributed by atoms with Crippen LogP contribution in [0.4, 0.5) is 9.59 Å². The van der Waals surface area contributed by atoms with Crippen molar-refractivity contribution in [2.45, 2.75) is 31.8 Å². The summed E-state index contributed by atoms with van der Waals surface area (Å²) in [6, 6.07) is 20.5. The molecule has 0 aliphatic heterocycles. The number of alkyl carbamates (subject to hydrolysis) is 1. The number of carboxylic acid groups (broad SMARTS) is 1. The van der Waals surface area contributed by atoms with Crippen molar-refractivity contribution in [3.05, 3.63) is 99.1 Å². The Morgan fingerprint density at radius 1 is 1.05 bits per heavy atom. The summed E-state index contributed by atoms with van der Waals surface area (Å²) in [6.07, 6.45) is -1.44. The predicted octanol–water partition coefficient (Wildman–Crippen LogP) is 5.31. The second kappa shape index (κ2) is 11.2. The van der Waals surface area contributed by atoms with Gasteiger partial charge in [0.25, 0.3) is 5.56 Å². The van der Waals surface area contributed by atoms with Crippen LogP contribution in [0.25, 0.3) is 22.0 Å². The van der Waals surface area contributed by atoms with E-state index in [4.69, 9.17) is 21.4 Å². The normalized spacial score (nSPS) is 13.0. The fraction of sp³-hybridized carbons (Fsp3) is 0.241. The van der Waals surface area contributed by atoms with Crippen LogP contribution in [0.15, 0.2) is 71.5 Å². The van der Waals surface area contributed by atoms with E-state index in [1.54, 1.807) is 25.1 Å². The highest BCUT2D eigenvalue weighted by atomic mass is 35.5. The quantitative estimate of drug-likeness (QED) is 0.257. The van der Waals surface area contributed by atoms with Crippen molar-refractivity contribution < 1.29 is 19.4 Å². The summed E-state index contributed by atoms with van der Waals surface area (Å²) in [5.41, 5.74) is 4.53. The number of hydrogen-bond donors (Lipinski definition) is 3. The predicted molar refractivity (Wildman–Crippen MR) is 148 cm³/mol. The van der Waals surface area contributed by atoms with Gasteiger partial charge in [-0.2, -0.15) is 0 Å². The molecule has 0 saturated heterocycles. The second-order valence-electron chi connectivity index (χ2n) is 9.34. The Morgan fingerprint density at radius 2 is 1.72 bits per heavy atom. The smallest absolute Gasteiger partial charge is 0.407 e. The van der Waals surface area contributed by atoms with Gasteiger partial charge in [0.1, 0.15) is 12.4 Å². The Hall–Kier alpha value is -4.37. The molecule has 1 aliphatic rings. The lowest BCUT2D eigenvalue weighted by Gasteiger charge is -2.20. The molecule has 3 N–H and O–H groups in total. The van der Waals surface area contributed by atoms with Crippen LogP contribution in [-0.2, 0) is 11.3 Å². The maximum Gasteiger partial charge on any atom is 0.407 e. The summed E-state index contributed by atoms with van der Waals surface area (Å²) in [6.45, 7) is 2.20. The number of benzene rings is 3.